The van der Waals surface area contributed by atoms with Crippen molar-refractivity contribution in [2.24, 2.45) is 5.73 Å². The van der Waals surface area contributed by atoms with E-state index in [1.54, 1.807) is 54.7 Å². The fraction of sp³-hybridized carbons (Fsp3) is 0.150. The molecule has 2 aromatic carbocycles. The van der Waals surface area contributed by atoms with Crippen molar-refractivity contribution in [1.29, 1.82) is 0 Å². The summed E-state index contributed by atoms with van der Waals surface area (Å²) in [6.07, 6.45) is 2.19. The van der Waals surface area contributed by atoms with Crippen LogP contribution >= 0.6 is 0 Å². The van der Waals surface area contributed by atoms with E-state index >= 15 is 0 Å². The van der Waals surface area contributed by atoms with Crippen molar-refractivity contribution in [3.63, 3.8) is 0 Å². The Labute approximate surface area is 173 Å². The van der Waals surface area contributed by atoms with Gasteiger partial charge in [0.2, 0.25) is 10.0 Å². The van der Waals surface area contributed by atoms with Crippen LogP contribution in [0.2, 0.25) is 0 Å². The SMILES string of the molecule is NC(=O)c1ccn(-c2ccc(NC(=O)c3cccc(N4CCCS4(=O)=O)c3)cc2)n1. The first-order valence-corrected chi connectivity index (χ1v) is 10.8. The van der Waals surface area contributed by atoms with Gasteiger partial charge in [0.15, 0.2) is 0 Å². The number of carbonyl (C=O) groups excluding carboxylic acids is 2. The number of nitrogens with one attached hydrogen (secondary N) is 1. The Kier molecular flexibility index (Phi) is 5.00. The maximum atomic E-state index is 12.6. The quantitative estimate of drug-likeness (QED) is 0.644. The molecule has 1 saturated heterocycles. The number of anilines is 2. The molecule has 1 aliphatic heterocycles. The second-order valence-corrected chi connectivity index (χ2v) is 8.82. The fourth-order valence-corrected chi connectivity index (χ4v) is 4.79. The molecule has 2 amide bonds. The molecule has 3 N–H and O–H groups in total. The molecule has 9 nitrogen and oxygen atoms in total. The highest BCUT2D eigenvalue weighted by molar-refractivity contribution is 7.93. The molecule has 0 atom stereocenters. The molecule has 1 fully saturated rings. The highest BCUT2D eigenvalue weighted by atomic mass is 32.2. The summed E-state index contributed by atoms with van der Waals surface area (Å²) < 4.78 is 27.1. The van der Waals surface area contributed by atoms with E-state index in [4.69, 9.17) is 5.73 Å². The smallest absolute Gasteiger partial charge is 0.269 e. The van der Waals surface area contributed by atoms with E-state index in [2.05, 4.69) is 10.4 Å². The second kappa shape index (κ2) is 7.64. The van der Waals surface area contributed by atoms with E-state index in [1.165, 1.54) is 15.1 Å². The number of benzene rings is 2. The number of hydrogen-bond donors (Lipinski definition) is 2. The Bertz CT molecular complexity index is 1220. The molecule has 0 spiro atoms. The molecule has 154 valence electrons. The number of primary amides is 1. The lowest BCUT2D eigenvalue weighted by Gasteiger charge is -2.17. The standard InChI is InChI=1S/C20H19N5O4S/c21-19(26)18-9-11-24(23-18)16-7-5-15(6-8-16)22-20(27)14-3-1-4-17(13-14)25-10-2-12-30(25,28)29/h1,3-9,11,13H,2,10,12H2,(H2,21,26)(H,22,27). The highest BCUT2D eigenvalue weighted by Gasteiger charge is 2.28. The molecule has 4 rings (SSSR count). The number of carbonyl (C=O) groups is 2. The van der Waals surface area contributed by atoms with Crippen LogP contribution in [0.15, 0.2) is 60.8 Å². The van der Waals surface area contributed by atoms with E-state index in [1.807, 2.05) is 0 Å². The Hall–Kier alpha value is -3.66. The van der Waals surface area contributed by atoms with Gasteiger partial charge in [0.1, 0.15) is 5.69 Å². The van der Waals surface area contributed by atoms with Crippen LogP contribution in [0, 0.1) is 0 Å². The third kappa shape index (κ3) is 3.90. The van der Waals surface area contributed by atoms with Crippen LogP contribution in [0.3, 0.4) is 0 Å². The highest BCUT2D eigenvalue weighted by Crippen LogP contribution is 2.25. The van der Waals surface area contributed by atoms with Gasteiger partial charge in [-0.05, 0) is 55.0 Å². The Morgan fingerprint density at radius 2 is 1.80 bits per heavy atom. The number of aromatic nitrogens is 2. The predicted molar refractivity (Wildman–Crippen MR) is 112 cm³/mol. The van der Waals surface area contributed by atoms with E-state index in [0.29, 0.717) is 35.6 Å². The molecule has 30 heavy (non-hydrogen) atoms. The number of amides is 2. The van der Waals surface area contributed by atoms with Gasteiger partial charge in [0, 0.05) is 24.0 Å². The summed E-state index contributed by atoms with van der Waals surface area (Å²) in [5.41, 5.74) is 7.47. The average molecular weight is 425 g/mol. The number of nitrogens with two attached hydrogens (primary N) is 1. The molecule has 0 aliphatic carbocycles. The van der Waals surface area contributed by atoms with Crippen LogP contribution < -0.4 is 15.4 Å². The summed E-state index contributed by atoms with van der Waals surface area (Å²) >= 11 is 0. The molecule has 0 unspecified atom stereocenters. The van der Waals surface area contributed by atoms with Gasteiger partial charge in [-0.3, -0.25) is 13.9 Å². The van der Waals surface area contributed by atoms with E-state index in [0.717, 1.165) is 0 Å². The van der Waals surface area contributed by atoms with Crippen molar-refractivity contribution >= 4 is 33.2 Å². The molecule has 0 saturated carbocycles. The van der Waals surface area contributed by atoms with Crippen molar-refractivity contribution < 1.29 is 18.0 Å². The first kappa shape index (κ1) is 19.6. The minimum atomic E-state index is -3.31. The van der Waals surface area contributed by atoms with Gasteiger partial charge in [0.05, 0.1) is 17.1 Å². The van der Waals surface area contributed by atoms with Crippen LogP contribution in [0.5, 0.6) is 0 Å². The van der Waals surface area contributed by atoms with Crippen molar-refractivity contribution in [1.82, 2.24) is 9.78 Å². The lowest BCUT2D eigenvalue weighted by molar-refractivity contribution is 0.0993. The summed E-state index contributed by atoms with van der Waals surface area (Å²) in [7, 11) is -3.31. The average Bonchev–Trinajstić information content (AvgIpc) is 3.35. The van der Waals surface area contributed by atoms with E-state index < -0.39 is 15.9 Å². The molecule has 0 bridgehead atoms. The monoisotopic (exact) mass is 425 g/mol. The van der Waals surface area contributed by atoms with Crippen molar-refractivity contribution in [2.45, 2.75) is 6.42 Å². The molecule has 0 radical (unpaired) electrons. The predicted octanol–water partition coefficient (Wildman–Crippen LogP) is 1.76. The zero-order valence-electron chi connectivity index (χ0n) is 15.9. The van der Waals surface area contributed by atoms with Gasteiger partial charge < -0.3 is 11.1 Å². The lowest BCUT2D eigenvalue weighted by atomic mass is 10.1. The largest absolute Gasteiger partial charge is 0.364 e. The summed E-state index contributed by atoms with van der Waals surface area (Å²) in [5, 5.41) is 6.87. The first-order chi connectivity index (χ1) is 14.3. The third-order valence-electron chi connectivity index (χ3n) is 4.73. The first-order valence-electron chi connectivity index (χ1n) is 9.21. The molecule has 3 aromatic rings. The van der Waals surface area contributed by atoms with Crippen LogP contribution in [0.25, 0.3) is 5.69 Å². The normalized spacial score (nSPS) is 15.1. The molecule has 1 aromatic heterocycles. The molecular formula is C20H19N5O4S. The number of rotatable bonds is 5. The van der Waals surface area contributed by atoms with Crippen molar-refractivity contribution in [3.05, 3.63) is 72.1 Å². The topological polar surface area (TPSA) is 127 Å². The maximum absolute atomic E-state index is 12.6. The van der Waals surface area contributed by atoms with Gasteiger partial charge >= 0.3 is 0 Å². The minimum Gasteiger partial charge on any atom is -0.364 e. The number of sulfonamides is 1. The Morgan fingerprint density at radius 1 is 1.03 bits per heavy atom. The molecule has 2 heterocycles. The Morgan fingerprint density at radius 3 is 2.43 bits per heavy atom. The summed E-state index contributed by atoms with van der Waals surface area (Å²) in [5.74, 6) is -0.842. The minimum absolute atomic E-state index is 0.118. The van der Waals surface area contributed by atoms with Gasteiger partial charge in [-0.15, -0.1) is 0 Å². The van der Waals surface area contributed by atoms with Crippen molar-refractivity contribution in [3.8, 4) is 5.69 Å². The van der Waals surface area contributed by atoms with Crippen molar-refractivity contribution in [2.75, 3.05) is 21.9 Å². The van der Waals surface area contributed by atoms with Gasteiger partial charge in [-0.2, -0.15) is 5.10 Å². The zero-order valence-corrected chi connectivity index (χ0v) is 16.7. The molecule has 1 aliphatic rings. The molecule has 10 heteroatoms. The lowest BCUT2D eigenvalue weighted by Crippen LogP contribution is -2.25. The second-order valence-electron chi connectivity index (χ2n) is 6.80. The van der Waals surface area contributed by atoms with Crippen LogP contribution in [0.1, 0.15) is 27.3 Å². The van der Waals surface area contributed by atoms with Gasteiger partial charge in [0.25, 0.3) is 11.8 Å². The van der Waals surface area contributed by atoms with E-state index in [-0.39, 0.29) is 17.4 Å². The third-order valence-corrected chi connectivity index (χ3v) is 6.60. The summed E-state index contributed by atoms with van der Waals surface area (Å²) in [6.45, 7) is 0.416. The number of nitrogens with zero attached hydrogens (tertiary/aromatic N) is 3. The Balaban J connectivity index is 1.49. The fourth-order valence-electron chi connectivity index (χ4n) is 3.23. The van der Waals surface area contributed by atoms with Crippen LogP contribution in [-0.4, -0.2) is 42.3 Å². The maximum Gasteiger partial charge on any atom is 0.269 e. The van der Waals surface area contributed by atoms with E-state index in [9.17, 15) is 18.0 Å². The van der Waals surface area contributed by atoms with Gasteiger partial charge in [-0.25, -0.2) is 13.1 Å². The number of hydrogen-bond acceptors (Lipinski definition) is 5. The zero-order chi connectivity index (χ0) is 21.3. The van der Waals surface area contributed by atoms with Crippen LogP contribution in [-0.2, 0) is 10.0 Å². The summed E-state index contributed by atoms with van der Waals surface area (Å²) in [4.78, 5) is 23.8. The molecular weight excluding hydrogens is 406 g/mol. The van der Waals surface area contributed by atoms with Crippen LogP contribution in [0.4, 0.5) is 11.4 Å². The summed E-state index contributed by atoms with van der Waals surface area (Å²) in [6, 6.07) is 14.9. The van der Waals surface area contributed by atoms with Gasteiger partial charge in [-0.1, -0.05) is 6.07 Å².